The lowest BCUT2D eigenvalue weighted by Gasteiger charge is -2.23. The zero-order chi connectivity index (χ0) is 16.8. The normalized spacial score (nSPS) is 19.3. The Balaban J connectivity index is 1.94. The van der Waals surface area contributed by atoms with Gasteiger partial charge < -0.3 is 15.1 Å². The highest BCUT2D eigenvalue weighted by Gasteiger charge is 2.28. The van der Waals surface area contributed by atoms with Crippen molar-refractivity contribution in [3.8, 4) is 0 Å². The molecule has 2 amide bonds. The second-order valence-corrected chi connectivity index (χ2v) is 6.04. The van der Waals surface area contributed by atoms with Gasteiger partial charge in [0.15, 0.2) is 0 Å². The molecule has 1 saturated heterocycles. The Morgan fingerprint density at radius 2 is 1.91 bits per heavy atom. The molecule has 1 heterocycles. The third kappa shape index (κ3) is 5.03. The monoisotopic (exact) mass is 321 g/mol. The predicted octanol–water partition coefficient (Wildman–Crippen LogP) is 0.895. The molecule has 23 heavy (non-hydrogen) atoms. The Kier molecular flexibility index (Phi) is 6.10. The molecule has 1 aliphatic rings. The average Bonchev–Trinajstić information content (AvgIpc) is 2.75. The lowest BCUT2D eigenvalue weighted by Crippen LogP contribution is -2.41. The van der Waals surface area contributed by atoms with Crippen LogP contribution < -0.4 is 5.32 Å². The quantitative estimate of drug-likeness (QED) is 0.896. The van der Waals surface area contributed by atoms with E-state index in [9.17, 15) is 14.0 Å². The van der Waals surface area contributed by atoms with Gasteiger partial charge in [-0.25, -0.2) is 4.39 Å². The summed E-state index contributed by atoms with van der Waals surface area (Å²) in [7, 11) is 3.58. The van der Waals surface area contributed by atoms with Crippen molar-refractivity contribution >= 4 is 11.8 Å². The number of carbonyl (C=O) groups excluding carboxylic acids is 2. The van der Waals surface area contributed by atoms with Crippen LogP contribution in [0, 0.1) is 11.7 Å². The summed E-state index contributed by atoms with van der Waals surface area (Å²) in [6.07, 6.45) is 0.950. The summed E-state index contributed by atoms with van der Waals surface area (Å²) in [6, 6.07) is 6.21. The van der Waals surface area contributed by atoms with Crippen molar-refractivity contribution in [2.45, 2.75) is 12.8 Å². The molecule has 0 spiro atoms. The molecule has 0 bridgehead atoms. The number of benzene rings is 1. The van der Waals surface area contributed by atoms with Crippen LogP contribution in [-0.4, -0.2) is 61.9 Å². The lowest BCUT2D eigenvalue weighted by molar-refractivity contribution is -0.132. The smallest absolute Gasteiger partial charge is 0.225 e. The number of nitrogens with one attached hydrogen (secondary N) is 1. The van der Waals surface area contributed by atoms with Crippen LogP contribution in [0.15, 0.2) is 24.3 Å². The van der Waals surface area contributed by atoms with Gasteiger partial charge in [0.1, 0.15) is 5.82 Å². The molecular formula is C17H24FN3O2. The van der Waals surface area contributed by atoms with Gasteiger partial charge in [-0.1, -0.05) is 12.1 Å². The second-order valence-electron chi connectivity index (χ2n) is 6.04. The number of aryl methyl sites for hydroxylation is 1. The van der Waals surface area contributed by atoms with E-state index in [0.717, 1.165) is 12.1 Å². The second kappa shape index (κ2) is 8.06. The minimum atomic E-state index is -0.274. The highest BCUT2D eigenvalue weighted by atomic mass is 19.1. The summed E-state index contributed by atoms with van der Waals surface area (Å²) in [5, 5.41) is 2.67. The average molecular weight is 321 g/mol. The number of hydrogen-bond donors (Lipinski definition) is 1. The van der Waals surface area contributed by atoms with Crippen molar-refractivity contribution < 1.29 is 14.0 Å². The molecule has 5 nitrogen and oxygen atoms in total. The zero-order valence-corrected chi connectivity index (χ0v) is 13.7. The van der Waals surface area contributed by atoms with E-state index in [4.69, 9.17) is 0 Å². The Hall–Kier alpha value is -1.95. The van der Waals surface area contributed by atoms with E-state index < -0.39 is 0 Å². The third-order valence-corrected chi connectivity index (χ3v) is 4.24. The highest BCUT2D eigenvalue weighted by Crippen LogP contribution is 2.12. The van der Waals surface area contributed by atoms with Crippen LogP contribution in [0.5, 0.6) is 0 Å². The number of likely N-dealkylation sites (N-methyl/N-ethyl adjacent to an activating group) is 1. The van der Waals surface area contributed by atoms with Crippen molar-refractivity contribution in [2.75, 3.05) is 40.3 Å². The fourth-order valence-corrected chi connectivity index (χ4v) is 2.83. The van der Waals surface area contributed by atoms with Gasteiger partial charge in [0.25, 0.3) is 0 Å². The lowest BCUT2D eigenvalue weighted by atomic mass is 10.1. The molecule has 126 valence electrons. The van der Waals surface area contributed by atoms with Crippen LogP contribution >= 0.6 is 0 Å². The summed E-state index contributed by atoms with van der Waals surface area (Å²) in [6.45, 7) is 2.50. The highest BCUT2D eigenvalue weighted by molar-refractivity contribution is 5.81. The topological polar surface area (TPSA) is 52.7 Å². The Morgan fingerprint density at radius 1 is 1.22 bits per heavy atom. The first kappa shape index (κ1) is 17.4. The number of hydrogen-bond acceptors (Lipinski definition) is 3. The first-order chi connectivity index (χ1) is 11.0. The van der Waals surface area contributed by atoms with E-state index in [1.807, 2.05) is 7.05 Å². The predicted molar refractivity (Wildman–Crippen MR) is 86.4 cm³/mol. The molecule has 0 radical (unpaired) electrons. The standard InChI is InChI=1S/C17H24FN3O2/c1-19-17(23)14-11-20(2)9-10-21(12-14)16(22)8-5-13-3-6-15(18)7-4-13/h3-4,6-7,14H,5,8-12H2,1-2H3,(H,19,23)/t14-/m0/s1. The van der Waals surface area contributed by atoms with Crippen LogP contribution in [-0.2, 0) is 16.0 Å². The largest absolute Gasteiger partial charge is 0.359 e. The molecule has 1 aliphatic heterocycles. The Morgan fingerprint density at radius 3 is 2.57 bits per heavy atom. The summed E-state index contributed by atoms with van der Waals surface area (Å²) >= 11 is 0. The summed E-state index contributed by atoms with van der Waals surface area (Å²) in [4.78, 5) is 28.2. The first-order valence-electron chi connectivity index (χ1n) is 7.92. The number of carbonyl (C=O) groups is 2. The fourth-order valence-electron chi connectivity index (χ4n) is 2.83. The van der Waals surface area contributed by atoms with Crippen LogP contribution in [0.25, 0.3) is 0 Å². The van der Waals surface area contributed by atoms with E-state index in [2.05, 4.69) is 10.2 Å². The van der Waals surface area contributed by atoms with Crippen molar-refractivity contribution in [2.24, 2.45) is 5.92 Å². The number of nitrogens with zero attached hydrogens (tertiary/aromatic N) is 2. The molecule has 0 aliphatic carbocycles. The van der Waals surface area contributed by atoms with E-state index in [1.165, 1.54) is 12.1 Å². The Bertz CT molecular complexity index is 547. The van der Waals surface area contributed by atoms with Gasteiger partial charge in [-0.15, -0.1) is 0 Å². The molecule has 1 N–H and O–H groups in total. The van der Waals surface area contributed by atoms with Crippen LogP contribution in [0.1, 0.15) is 12.0 Å². The zero-order valence-electron chi connectivity index (χ0n) is 13.7. The molecule has 6 heteroatoms. The molecule has 0 saturated carbocycles. The van der Waals surface area contributed by atoms with Gasteiger partial charge in [0.2, 0.25) is 11.8 Å². The molecule has 0 aromatic heterocycles. The number of rotatable bonds is 4. The van der Waals surface area contributed by atoms with Crippen molar-refractivity contribution in [3.05, 3.63) is 35.6 Å². The molecule has 0 unspecified atom stereocenters. The maximum absolute atomic E-state index is 12.9. The van der Waals surface area contributed by atoms with Gasteiger partial charge in [-0.3, -0.25) is 9.59 Å². The van der Waals surface area contributed by atoms with E-state index >= 15 is 0 Å². The maximum Gasteiger partial charge on any atom is 0.225 e. The molecule has 1 fully saturated rings. The van der Waals surface area contributed by atoms with Gasteiger partial charge in [-0.2, -0.15) is 0 Å². The van der Waals surface area contributed by atoms with Crippen molar-refractivity contribution in [3.63, 3.8) is 0 Å². The van der Waals surface area contributed by atoms with Crippen LogP contribution in [0.3, 0.4) is 0 Å². The minimum Gasteiger partial charge on any atom is -0.359 e. The molecule has 1 atom stereocenters. The molecular weight excluding hydrogens is 297 g/mol. The van der Waals surface area contributed by atoms with E-state index in [0.29, 0.717) is 32.5 Å². The minimum absolute atomic E-state index is 0.0323. The SMILES string of the molecule is CNC(=O)[C@H]1CN(C)CCN(C(=O)CCc2ccc(F)cc2)C1. The molecule has 2 rings (SSSR count). The third-order valence-electron chi connectivity index (χ3n) is 4.24. The summed E-state index contributed by atoms with van der Waals surface area (Å²) < 4.78 is 12.9. The van der Waals surface area contributed by atoms with Crippen LogP contribution in [0.4, 0.5) is 4.39 Å². The van der Waals surface area contributed by atoms with Gasteiger partial charge in [0, 0.05) is 39.6 Å². The maximum atomic E-state index is 12.9. The van der Waals surface area contributed by atoms with Gasteiger partial charge in [-0.05, 0) is 31.2 Å². The van der Waals surface area contributed by atoms with Gasteiger partial charge >= 0.3 is 0 Å². The summed E-state index contributed by atoms with van der Waals surface area (Å²) in [5.74, 6) is -0.472. The van der Waals surface area contributed by atoms with E-state index in [1.54, 1.807) is 24.1 Å². The van der Waals surface area contributed by atoms with Crippen LogP contribution in [0.2, 0.25) is 0 Å². The number of amides is 2. The van der Waals surface area contributed by atoms with Gasteiger partial charge in [0.05, 0.1) is 5.92 Å². The fraction of sp³-hybridized carbons (Fsp3) is 0.529. The van der Waals surface area contributed by atoms with Crippen molar-refractivity contribution in [1.29, 1.82) is 0 Å². The van der Waals surface area contributed by atoms with Crippen molar-refractivity contribution in [1.82, 2.24) is 15.1 Å². The number of halogens is 1. The first-order valence-corrected chi connectivity index (χ1v) is 7.92. The molecule has 1 aromatic carbocycles. The summed E-state index contributed by atoms with van der Waals surface area (Å²) in [5.41, 5.74) is 0.939. The Labute approximate surface area is 136 Å². The molecule has 1 aromatic rings. The van der Waals surface area contributed by atoms with E-state index in [-0.39, 0.29) is 23.5 Å².